The maximum Gasteiger partial charge on any atom is 0.343 e. The number of methoxy groups -OCH3 is 1. The van der Waals surface area contributed by atoms with Gasteiger partial charge in [-0.3, -0.25) is 4.79 Å². The molecule has 6 nitrogen and oxygen atoms in total. The van der Waals surface area contributed by atoms with Crippen LogP contribution in [0.3, 0.4) is 0 Å². The van der Waals surface area contributed by atoms with Crippen molar-refractivity contribution in [2.75, 3.05) is 19.0 Å². The van der Waals surface area contributed by atoms with Crippen molar-refractivity contribution in [1.29, 1.82) is 5.26 Å². The van der Waals surface area contributed by atoms with Crippen molar-refractivity contribution < 1.29 is 23.5 Å². The molecule has 0 fully saturated rings. The van der Waals surface area contributed by atoms with Gasteiger partial charge in [-0.2, -0.15) is 5.26 Å². The monoisotopic (exact) mass is 416 g/mol. The summed E-state index contributed by atoms with van der Waals surface area (Å²) in [6.07, 6.45) is 1.42. The van der Waals surface area contributed by atoms with Gasteiger partial charge in [-0.05, 0) is 66.9 Å². The van der Waals surface area contributed by atoms with Gasteiger partial charge in [0.15, 0.2) is 6.61 Å². The number of nitrogens with one attached hydrogen (secondary N) is 1. The van der Waals surface area contributed by atoms with E-state index < -0.39 is 17.7 Å². The molecule has 8 heteroatoms. The molecule has 2 aromatic rings. The van der Waals surface area contributed by atoms with E-state index in [0.29, 0.717) is 11.3 Å². The van der Waals surface area contributed by atoms with Crippen LogP contribution in [-0.4, -0.2) is 25.6 Å². The average molecular weight is 417 g/mol. The molecule has 2 aromatic carbocycles. The maximum atomic E-state index is 13.2. The molecule has 0 radical (unpaired) electrons. The Morgan fingerprint density at radius 1 is 1.24 bits per heavy atom. The lowest BCUT2D eigenvalue weighted by Crippen LogP contribution is -2.14. The molecule has 1 N–H and O–H groups in total. The number of carbonyl (C=O) groups excluding carboxylic acids is 2. The summed E-state index contributed by atoms with van der Waals surface area (Å²) in [6.45, 7) is 3.34. The normalized spacial score (nSPS) is 10.8. The van der Waals surface area contributed by atoms with E-state index in [0.717, 1.165) is 17.2 Å². The van der Waals surface area contributed by atoms with Crippen LogP contribution in [0.4, 0.5) is 10.1 Å². The number of hydrogen-bond donors (Lipinski definition) is 1. The molecule has 2 rings (SSSR count). The highest BCUT2D eigenvalue weighted by molar-refractivity contribution is 6.31. The number of halogens is 2. The van der Waals surface area contributed by atoms with Crippen LogP contribution in [0.15, 0.2) is 35.9 Å². The second-order valence-electron chi connectivity index (χ2n) is 6.10. The molecule has 0 atom stereocenters. The van der Waals surface area contributed by atoms with Crippen LogP contribution in [0.25, 0.3) is 6.08 Å². The Morgan fingerprint density at radius 2 is 1.90 bits per heavy atom. The van der Waals surface area contributed by atoms with Crippen molar-refractivity contribution in [1.82, 2.24) is 0 Å². The highest BCUT2D eigenvalue weighted by atomic mass is 35.5. The lowest BCUT2D eigenvalue weighted by molar-refractivity contribution is -0.142. The molecule has 1 amide bonds. The predicted molar refractivity (Wildman–Crippen MR) is 107 cm³/mol. The summed E-state index contributed by atoms with van der Waals surface area (Å²) in [5.41, 5.74) is 2.18. The van der Waals surface area contributed by atoms with E-state index in [-0.39, 0.29) is 22.9 Å². The van der Waals surface area contributed by atoms with Crippen LogP contribution in [0.5, 0.6) is 5.75 Å². The van der Waals surface area contributed by atoms with Crippen molar-refractivity contribution in [3.8, 4) is 11.8 Å². The van der Waals surface area contributed by atoms with E-state index in [2.05, 4.69) is 10.1 Å². The first-order valence-electron chi connectivity index (χ1n) is 8.44. The number of benzene rings is 2. The summed E-state index contributed by atoms with van der Waals surface area (Å²) in [6, 6.07) is 9.01. The van der Waals surface area contributed by atoms with E-state index in [1.165, 1.54) is 25.3 Å². The second kappa shape index (κ2) is 9.71. The Bertz CT molecular complexity index is 1000. The van der Waals surface area contributed by atoms with Gasteiger partial charge in [0.05, 0.1) is 12.1 Å². The zero-order valence-electron chi connectivity index (χ0n) is 16.0. The van der Waals surface area contributed by atoms with Crippen LogP contribution in [-0.2, 0) is 14.3 Å². The van der Waals surface area contributed by atoms with Gasteiger partial charge in [-0.25, -0.2) is 9.18 Å². The number of ether oxygens (including phenoxy) is 2. The molecular formula is C21H18ClFN2O4. The number of anilines is 1. The molecule has 29 heavy (non-hydrogen) atoms. The minimum Gasteiger partial charge on any atom is -0.481 e. The van der Waals surface area contributed by atoms with Gasteiger partial charge < -0.3 is 14.8 Å². The number of nitrogens with zero attached hydrogens (tertiary/aromatic N) is 1. The molecule has 0 aliphatic heterocycles. The van der Waals surface area contributed by atoms with Gasteiger partial charge in [0.2, 0.25) is 0 Å². The fraction of sp³-hybridized carbons (Fsp3) is 0.190. The van der Waals surface area contributed by atoms with Crippen molar-refractivity contribution in [2.24, 2.45) is 0 Å². The maximum absolute atomic E-state index is 13.2. The lowest BCUT2D eigenvalue weighted by Gasteiger charge is -2.12. The molecule has 0 bridgehead atoms. The third-order valence-electron chi connectivity index (χ3n) is 3.90. The third kappa shape index (κ3) is 5.80. The van der Waals surface area contributed by atoms with Crippen LogP contribution in [0.1, 0.15) is 16.7 Å². The molecule has 0 aromatic heterocycles. The third-order valence-corrected chi connectivity index (χ3v) is 4.19. The Hall–Kier alpha value is -3.37. The number of carbonyl (C=O) groups is 2. The summed E-state index contributed by atoms with van der Waals surface area (Å²) in [5.74, 6) is -1.24. The molecule has 0 spiro atoms. The number of esters is 1. The smallest absolute Gasteiger partial charge is 0.343 e. The summed E-state index contributed by atoms with van der Waals surface area (Å²) in [7, 11) is 1.27. The SMILES string of the molecule is COC(=O)COc1c(C)cc(C=C(C#N)C(=O)Nc2ccc(F)c(Cl)c2)cc1C. The molecule has 0 heterocycles. The Morgan fingerprint density at radius 3 is 2.45 bits per heavy atom. The quantitative estimate of drug-likeness (QED) is 0.433. The Kier molecular flexibility index (Phi) is 7.34. The van der Waals surface area contributed by atoms with E-state index in [4.69, 9.17) is 16.3 Å². The summed E-state index contributed by atoms with van der Waals surface area (Å²) in [5, 5.41) is 11.7. The first kappa shape index (κ1) is 21.9. The van der Waals surface area contributed by atoms with E-state index in [1.54, 1.807) is 26.0 Å². The van der Waals surface area contributed by atoms with Crippen LogP contribution in [0.2, 0.25) is 5.02 Å². The minimum absolute atomic E-state index is 0.140. The molecule has 0 unspecified atom stereocenters. The Labute approximate surface area is 172 Å². The van der Waals surface area contributed by atoms with Crippen molar-refractivity contribution in [2.45, 2.75) is 13.8 Å². The zero-order chi connectivity index (χ0) is 21.6. The fourth-order valence-electron chi connectivity index (χ4n) is 2.57. The molecule has 0 aliphatic rings. The summed E-state index contributed by atoms with van der Waals surface area (Å²) in [4.78, 5) is 23.6. The zero-order valence-corrected chi connectivity index (χ0v) is 16.8. The van der Waals surface area contributed by atoms with E-state index >= 15 is 0 Å². The molecule has 0 aliphatic carbocycles. The van der Waals surface area contributed by atoms with Crippen molar-refractivity contribution in [3.63, 3.8) is 0 Å². The highest BCUT2D eigenvalue weighted by Gasteiger charge is 2.13. The lowest BCUT2D eigenvalue weighted by atomic mass is 10.0. The van der Waals surface area contributed by atoms with Gasteiger partial charge in [-0.15, -0.1) is 0 Å². The summed E-state index contributed by atoms with van der Waals surface area (Å²) >= 11 is 5.70. The molecule has 0 saturated heterocycles. The van der Waals surface area contributed by atoms with Crippen LogP contribution >= 0.6 is 11.6 Å². The molecular weight excluding hydrogens is 399 g/mol. The van der Waals surface area contributed by atoms with E-state index in [9.17, 15) is 19.2 Å². The number of amides is 1. The number of aryl methyl sites for hydroxylation is 2. The predicted octanol–water partition coefficient (Wildman–Crippen LogP) is 4.19. The second-order valence-corrected chi connectivity index (χ2v) is 6.51. The topological polar surface area (TPSA) is 88.4 Å². The first-order valence-corrected chi connectivity index (χ1v) is 8.82. The highest BCUT2D eigenvalue weighted by Crippen LogP contribution is 2.26. The van der Waals surface area contributed by atoms with Crippen LogP contribution in [0, 0.1) is 31.0 Å². The number of rotatable bonds is 6. The van der Waals surface area contributed by atoms with Gasteiger partial charge in [0.25, 0.3) is 5.91 Å². The van der Waals surface area contributed by atoms with Gasteiger partial charge in [0.1, 0.15) is 23.2 Å². The molecule has 150 valence electrons. The van der Waals surface area contributed by atoms with Crippen molar-refractivity contribution >= 4 is 35.2 Å². The summed E-state index contributed by atoms with van der Waals surface area (Å²) < 4.78 is 23.3. The Balaban J connectivity index is 2.23. The largest absolute Gasteiger partial charge is 0.481 e. The van der Waals surface area contributed by atoms with Crippen molar-refractivity contribution in [3.05, 3.63) is 63.4 Å². The standard InChI is InChI=1S/C21H18ClFN2O4/c1-12-6-14(7-13(2)20(12)29-11-19(26)28-3)8-15(10-24)21(27)25-16-4-5-18(23)17(22)9-16/h4-9H,11H2,1-3H3,(H,25,27). The van der Waals surface area contributed by atoms with Crippen LogP contribution < -0.4 is 10.1 Å². The number of hydrogen-bond acceptors (Lipinski definition) is 5. The first-order chi connectivity index (χ1) is 13.7. The van der Waals surface area contributed by atoms with Gasteiger partial charge in [-0.1, -0.05) is 11.6 Å². The average Bonchev–Trinajstić information content (AvgIpc) is 2.67. The van der Waals surface area contributed by atoms with E-state index in [1.807, 2.05) is 6.07 Å². The van der Waals surface area contributed by atoms with Gasteiger partial charge >= 0.3 is 5.97 Å². The fourth-order valence-corrected chi connectivity index (χ4v) is 2.75. The number of nitriles is 1. The molecule has 0 saturated carbocycles. The van der Waals surface area contributed by atoms with Gasteiger partial charge in [0, 0.05) is 5.69 Å². The minimum atomic E-state index is -0.656.